The van der Waals surface area contributed by atoms with Gasteiger partial charge in [0.25, 0.3) is 0 Å². The zero-order valence-electron chi connectivity index (χ0n) is 22.7. The van der Waals surface area contributed by atoms with Crippen LogP contribution in [-0.4, -0.2) is 45.6 Å². The summed E-state index contributed by atoms with van der Waals surface area (Å²) in [4.78, 5) is 11.2. The number of hydrogen-bond donors (Lipinski definition) is 1. The second kappa shape index (κ2) is 12.1. The molecule has 0 bridgehead atoms. The first-order valence-electron chi connectivity index (χ1n) is 13.1. The minimum Gasteiger partial charge on any atom is -0.618 e. The van der Waals surface area contributed by atoms with Crippen LogP contribution in [0.25, 0.3) is 27.9 Å². The van der Waals surface area contributed by atoms with Gasteiger partial charge in [0.2, 0.25) is 5.69 Å². The molecule has 0 unspecified atom stereocenters. The Balaban J connectivity index is 1.42. The third-order valence-corrected chi connectivity index (χ3v) is 7.48. The van der Waals surface area contributed by atoms with Crippen LogP contribution in [0.15, 0.2) is 85.6 Å². The zero-order valence-corrected chi connectivity index (χ0v) is 24.2. The Morgan fingerprint density at radius 3 is 2.38 bits per heavy atom. The average Bonchev–Trinajstić information content (AvgIpc) is 3.79. The molecule has 0 saturated carbocycles. The summed E-state index contributed by atoms with van der Waals surface area (Å²) >= 11 is 12.0. The Hall–Kier alpha value is -5.21. The fourth-order valence-corrected chi connectivity index (χ4v) is 5.14. The number of alkyl halides is 2. The van der Waals surface area contributed by atoms with Gasteiger partial charge < -0.3 is 10.3 Å². The number of hydrogen-bond acceptors (Lipinski definition) is 6. The molecule has 1 atom stereocenters. The number of aromatic nitrogens is 8. The van der Waals surface area contributed by atoms with Gasteiger partial charge >= 0.3 is 12.5 Å². The van der Waals surface area contributed by atoms with E-state index in [4.69, 9.17) is 23.2 Å². The van der Waals surface area contributed by atoms with Crippen LogP contribution in [0.4, 0.5) is 13.2 Å². The van der Waals surface area contributed by atoms with E-state index in [0.717, 1.165) is 12.4 Å². The molecule has 0 saturated heterocycles. The molecular formula is C29H19Cl2F3N8O3. The van der Waals surface area contributed by atoms with E-state index in [1.165, 1.54) is 64.2 Å². The molecule has 228 valence electrons. The lowest BCUT2D eigenvalue weighted by molar-refractivity contribution is -0.615. The highest BCUT2D eigenvalue weighted by Crippen LogP contribution is 2.34. The largest absolute Gasteiger partial charge is 0.618 e. The molecule has 0 aliphatic heterocycles. The van der Waals surface area contributed by atoms with Crippen LogP contribution in [-0.2, 0) is 6.42 Å². The summed E-state index contributed by atoms with van der Waals surface area (Å²) in [5.74, 6) is -1.87. The first kappa shape index (κ1) is 29.8. The highest BCUT2D eigenvalue weighted by molar-refractivity contribution is 6.31. The van der Waals surface area contributed by atoms with Crippen LogP contribution in [0.2, 0.25) is 10.2 Å². The molecule has 4 aromatic heterocycles. The molecule has 16 heteroatoms. The molecule has 0 fully saturated rings. The SMILES string of the molecule is O=C(O)c1ccc(-c2cnn([C@@H](Cc3ccn(C(F)F)n3)c3ccc(-c4c(-n5cc(Cl)nn5)ccc(Cl)c4F)c[n+]3[O-])c2)cc1. The van der Waals surface area contributed by atoms with Gasteiger partial charge in [0.05, 0.1) is 45.5 Å². The average molecular weight is 655 g/mol. The van der Waals surface area contributed by atoms with Crippen molar-refractivity contribution in [2.75, 3.05) is 0 Å². The van der Waals surface area contributed by atoms with Gasteiger partial charge in [-0.3, -0.25) is 4.68 Å². The summed E-state index contributed by atoms with van der Waals surface area (Å²) < 4.78 is 45.7. The Bertz CT molecular complexity index is 2030. The van der Waals surface area contributed by atoms with E-state index in [9.17, 15) is 23.9 Å². The van der Waals surface area contributed by atoms with Crippen molar-refractivity contribution in [2.45, 2.75) is 19.0 Å². The minimum atomic E-state index is -2.85. The van der Waals surface area contributed by atoms with E-state index >= 15 is 4.39 Å². The summed E-state index contributed by atoms with van der Waals surface area (Å²) in [5.41, 5.74) is 2.15. The summed E-state index contributed by atoms with van der Waals surface area (Å²) in [6.07, 6.45) is 6.82. The van der Waals surface area contributed by atoms with E-state index in [2.05, 4.69) is 20.5 Å². The molecule has 1 N–H and O–H groups in total. The smallest absolute Gasteiger partial charge is 0.335 e. The lowest BCUT2D eigenvalue weighted by atomic mass is 10.0. The topological polar surface area (TPSA) is 131 Å². The Morgan fingerprint density at radius 1 is 0.978 bits per heavy atom. The molecule has 2 aromatic carbocycles. The van der Waals surface area contributed by atoms with Gasteiger partial charge in [0.1, 0.15) is 6.04 Å². The van der Waals surface area contributed by atoms with Crippen LogP contribution in [0.1, 0.15) is 34.3 Å². The number of nitrogens with zero attached hydrogens (tertiary/aromatic N) is 8. The highest BCUT2D eigenvalue weighted by Gasteiger charge is 2.27. The first-order chi connectivity index (χ1) is 21.6. The fraction of sp³-hybridized carbons (Fsp3) is 0.103. The highest BCUT2D eigenvalue weighted by atomic mass is 35.5. The molecule has 45 heavy (non-hydrogen) atoms. The van der Waals surface area contributed by atoms with Crippen molar-refractivity contribution < 1.29 is 27.8 Å². The molecular weight excluding hydrogens is 636 g/mol. The molecule has 6 rings (SSSR count). The predicted octanol–water partition coefficient (Wildman–Crippen LogP) is 6.00. The summed E-state index contributed by atoms with van der Waals surface area (Å²) in [6.45, 7) is -2.85. The maximum Gasteiger partial charge on any atom is 0.335 e. The number of halogens is 5. The molecule has 6 aromatic rings. The van der Waals surface area contributed by atoms with Crippen LogP contribution >= 0.6 is 23.2 Å². The summed E-state index contributed by atoms with van der Waals surface area (Å²) in [5, 5.41) is 38.7. The van der Waals surface area contributed by atoms with E-state index < -0.39 is 24.4 Å². The van der Waals surface area contributed by atoms with Crippen molar-refractivity contribution in [1.29, 1.82) is 0 Å². The van der Waals surface area contributed by atoms with E-state index in [-0.39, 0.29) is 50.4 Å². The van der Waals surface area contributed by atoms with Crippen LogP contribution in [0.3, 0.4) is 0 Å². The van der Waals surface area contributed by atoms with Gasteiger partial charge in [-0.1, -0.05) is 40.5 Å². The Morgan fingerprint density at radius 2 is 1.73 bits per heavy atom. The molecule has 4 heterocycles. The van der Waals surface area contributed by atoms with Crippen molar-refractivity contribution in [3.63, 3.8) is 0 Å². The van der Waals surface area contributed by atoms with Gasteiger partial charge in [-0.2, -0.15) is 23.7 Å². The zero-order chi connectivity index (χ0) is 31.8. The van der Waals surface area contributed by atoms with Crippen molar-refractivity contribution in [3.05, 3.63) is 124 Å². The Kier molecular flexibility index (Phi) is 7.99. The van der Waals surface area contributed by atoms with Gasteiger partial charge in [-0.25, -0.2) is 18.5 Å². The standard InChI is InChI=1S/C29H19Cl2F3N8O3/c30-21-6-8-23(41-15-25(31)36-38-41)26(27(21)32)18-5-7-22(42(45)14-18)24(11-20-9-10-39(37-20)29(33)34)40-13-19(12-35-40)16-1-3-17(4-2-16)28(43)44/h1-10,12-15,24,29H,11H2,(H,43,44)/t24-/m0/s1. The number of carboxylic acid groups (broad SMARTS) is 1. The number of aromatic carboxylic acids is 1. The van der Waals surface area contributed by atoms with Crippen molar-refractivity contribution in [1.82, 2.24) is 34.6 Å². The molecule has 0 aliphatic carbocycles. The minimum absolute atomic E-state index is 0.00535. The second-order valence-corrected chi connectivity index (χ2v) is 10.6. The van der Waals surface area contributed by atoms with Gasteiger partial charge in [0, 0.05) is 30.4 Å². The predicted molar refractivity (Wildman–Crippen MR) is 156 cm³/mol. The van der Waals surface area contributed by atoms with E-state index in [1.807, 2.05) is 0 Å². The number of carboxylic acids is 1. The third-order valence-electron chi connectivity index (χ3n) is 7.01. The van der Waals surface area contributed by atoms with Crippen molar-refractivity contribution >= 4 is 29.2 Å². The van der Waals surface area contributed by atoms with Crippen LogP contribution in [0, 0.1) is 11.0 Å². The Labute approximate surface area is 261 Å². The van der Waals surface area contributed by atoms with Crippen molar-refractivity contribution in [2.24, 2.45) is 0 Å². The van der Waals surface area contributed by atoms with Crippen LogP contribution in [0.5, 0.6) is 0 Å². The quantitative estimate of drug-likeness (QED) is 0.149. The lowest BCUT2D eigenvalue weighted by Crippen LogP contribution is -2.36. The molecule has 11 nitrogen and oxygen atoms in total. The summed E-state index contributed by atoms with van der Waals surface area (Å²) in [6, 6.07) is 12.5. The first-order valence-corrected chi connectivity index (χ1v) is 13.8. The number of benzene rings is 2. The van der Waals surface area contributed by atoms with Crippen LogP contribution < -0.4 is 4.73 Å². The normalized spacial score (nSPS) is 12.1. The van der Waals surface area contributed by atoms with E-state index in [1.54, 1.807) is 18.3 Å². The van der Waals surface area contributed by atoms with Gasteiger partial charge in [-0.05, 0) is 42.0 Å². The lowest BCUT2D eigenvalue weighted by Gasteiger charge is -2.18. The van der Waals surface area contributed by atoms with Crippen molar-refractivity contribution in [3.8, 4) is 27.9 Å². The summed E-state index contributed by atoms with van der Waals surface area (Å²) in [7, 11) is 0. The fourth-order valence-electron chi connectivity index (χ4n) is 4.85. The molecule has 0 radical (unpaired) electrons. The number of rotatable bonds is 9. The molecule has 0 spiro atoms. The second-order valence-electron chi connectivity index (χ2n) is 9.79. The van der Waals surface area contributed by atoms with E-state index in [0.29, 0.717) is 20.5 Å². The maximum atomic E-state index is 15.4. The third kappa shape index (κ3) is 5.97. The number of carbonyl (C=O) groups is 1. The molecule has 0 amide bonds. The monoisotopic (exact) mass is 654 g/mol. The molecule has 0 aliphatic rings. The van der Waals surface area contributed by atoms with Gasteiger partial charge in [-0.15, -0.1) is 5.10 Å². The maximum absolute atomic E-state index is 15.4. The number of pyridine rings is 1. The van der Waals surface area contributed by atoms with Gasteiger partial charge in [0.15, 0.2) is 17.2 Å².